The lowest BCUT2D eigenvalue weighted by Gasteiger charge is -2.12. The van der Waals surface area contributed by atoms with Crippen molar-refractivity contribution in [2.75, 3.05) is 0 Å². The molecule has 0 saturated carbocycles. The fourth-order valence-electron chi connectivity index (χ4n) is 2.33. The van der Waals surface area contributed by atoms with E-state index in [0.717, 1.165) is 10.3 Å². The highest BCUT2D eigenvalue weighted by Crippen LogP contribution is 2.35. The van der Waals surface area contributed by atoms with E-state index in [1.165, 1.54) is 0 Å². The molecule has 5 heteroatoms. The van der Waals surface area contributed by atoms with Crippen LogP contribution in [0, 0.1) is 0 Å². The number of aromatic hydroxyl groups is 2. The lowest BCUT2D eigenvalue weighted by molar-refractivity contribution is -0.146. The number of fused-ring (bicyclic) bond motifs is 1. The van der Waals surface area contributed by atoms with E-state index in [1.54, 1.807) is 31.2 Å². The third-order valence-electron chi connectivity index (χ3n) is 3.63. The van der Waals surface area contributed by atoms with E-state index in [1.807, 2.05) is 30.3 Å². The minimum absolute atomic E-state index is 0.304. The van der Waals surface area contributed by atoms with Crippen molar-refractivity contribution in [2.24, 2.45) is 0 Å². The Hall–Kier alpha value is -2.95. The van der Waals surface area contributed by atoms with Gasteiger partial charge in [0.2, 0.25) is 11.8 Å². The van der Waals surface area contributed by atoms with Crippen LogP contribution in [0.4, 0.5) is 0 Å². The van der Waals surface area contributed by atoms with Crippen molar-refractivity contribution >= 4 is 16.7 Å². The van der Waals surface area contributed by atoms with Gasteiger partial charge in [0.05, 0.1) is 16.7 Å². The Kier molecular flexibility index (Phi) is 3.47. The molecule has 2 aromatic carbocycles. The van der Waals surface area contributed by atoms with Crippen molar-refractivity contribution in [1.82, 2.24) is 4.73 Å². The fourth-order valence-corrected chi connectivity index (χ4v) is 2.33. The number of nitrogens with zero attached hydrogens (tertiary/aromatic N) is 1. The average molecular weight is 297 g/mol. The largest absolute Gasteiger partial charge is 0.492 e. The zero-order valence-electron chi connectivity index (χ0n) is 11.9. The first-order valence-corrected chi connectivity index (χ1v) is 6.88. The lowest BCUT2D eigenvalue weighted by atomic mass is 10.0. The Balaban J connectivity index is 1.92. The summed E-state index contributed by atoms with van der Waals surface area (Å²) in [6, 6.07) is 15.9. The van der Waals surface area contributed by atoms with Crippen molar-refractivity contribution in [3.05, 3.63) is 60.2 Å². The van der Waals surface area contributed by atoms with Gasteiger partial charge in [-0.15, -0.1) is 4.73 Å². The summed E-state index contributed by atoms with van der Waals surface area (Å²) in [6.07, 6.45) is 0. The highest BCUT2D eigenvalue weighted by molar-refractivity contribution is 5.93. The number of aromatic nitrogens is 1. The first kappa shape index (κ1) is 14.0. The van der Waals surface area contributed by atoms with Gasteiger partial charge in [-0.1, -0.05) is 42.5 Å². The minimum atomic E-state index is -0.572. The molecule has 0 bridgehead atoms. The van der Waals surface area contributed by atoms with E-state index < -0.39 is 11.9 Å². The summed E-state index contributed by atoms with van der Waals surface area (Å²) in [5.41, 5.74) is 0.795. The van der Waals surface area contributed by atoms with Gasteiger partial charge in [0.25, 0.3) is 0 Å². The first-order chi connectivity index (χ1) is 10.6. The SMILES string of the molecule is CC(C(=O)On1c(O)c2ccccc2c1O)c1ccccc1. The minimum Gasteiger partial charge on any atom is -0.492 e. The van der Waals surface area contributed by atoms with Crippen LogP contribution in [-0.2, 0) is 4.79 Å². The third kappa shape index (κ3) is 2.26. The van der Waals surface area contributed by atoms with Crippen LogP contribution in [0.2, 0.25) is 0 Å². The van der Waals surface area contributed by atoms with E-state index in [4.69, 9.17) is 4.84 Å². The van der Waals surface area contributed by atoms with Crippen LogP contribution in [0.3, 0.4) is 0 Å². The number of rotatable bonds is 3. The summed E-state index contributed by atoms with van der Waals surface area (Å²) >= 11 is 0. The normalized spacial score (nSPS) is 12.2. The summed E-state index contributed by atoms with van der Waals surface area (Å²) in [4.78, 5) is 17.4. The summed E-state index contributed by atoms with van der Waals surface area (Å²) < 4.78 is 0.756. The van der Waals surface area contributed by atoms with Crippen LogP contribution in [0.25, 0.3) is 10.8 Å². The van der Waals surface area contributed by atoms with Crippen molar-refractivity contribution in [1.29, 1.82) is 0 Å². The van der Waals surface area contributed by atoms with Gasteiger partial charge in [-0.3, -0.25) is 0 Å². The summed E-state index contributed by atoms with van der Waals surface area (Å²) in [5.74, 6) is -1.70. The zero-order chi connectivity index (χ0) is 15.7. The Morgan fingerprint density at radius 1 is 0.955 bits per heavy atom. The van der Waals surface area contributed by atoms with Gasteiger partial charge >= 0.3 is 5.97 Å². The molecular formula is C17H15NO4. The molecule has 0 saturated heterocycles. The second-order valence-corrected chi connectivity index (χ2v) is 5.03. The molecule has 1 heterocycles. The number of carbonyl (C=O) groups excluding carboxylic acids is 1. The topological polar surface area (TPSA) is 71.7 Å². The second-order valence-electron chi connectivity index (χ2n) is 5.03. The smallest absolute Gasteiger partial charge is 0.340 e. The van der Waals surface area contributed by atoms with Gasteiger partial charge in [0, 0.05) is 0 Å². The number of carbonyl (C=O) groups is 1. The van der Waals surface area contributed by atoms with Crippen molar-refractivity contribution < 1.29 is 19.8 Å². The predicted octanol–water partition coefficient (Wildman–Crippen LogP) is 2.81. The molecule has 22 heavy (non-hydrogen) atoms. The Bertz CT molecular complexity index is 784. The van der Waals surface area contributed by atoms with Gasteiger partial charge in [0.1, 0.15) is 0 Å². The van der Waals surface area contributed by atoms with Gasteiger partial charge < -0.3 is 15.1 Å². The van der Waals surface area contributed by atoms with E-state index in [0.29, 0.717) is 10.8 Å². The maximum atomic E-state index is 12.2. The molecule has 5 nitrogen and oxygen atoms in total. The maximum Gasteiger partial charge on any atom is 0.340 e. The molecule has 0 aliphatic carbocycles. The monoisotopic (exact) mass is 297 g/mol. The van der Waals surface area contributed by atoms with Crippen LogP contribution in [0.5, 0.6) is 11.8 Å². The van der Waals surface area contributed by atoms with E-state index in [2.05, 4.69) is 0 Å². The summed E-state index contributed by atoms with van der Waals surface area (Å²) in [6.45, 7) is 1.70. The molecule has 112 valence electrons. The van der Waals surface area contributed by atoms with E-state index in [9.17, 15) is 15.0 Å². The molecule has 0 fully saturated rings. The molecule has 1 aromatic heterocycles. The summed E-state index contributed by atoms with van der Waals surface area (Å²) in [7, 11) is 0. The lowest BCUT2D eigenvalue weighted by Crippen LogP contribution is -2.23. The van der Waals surface area contributed by atoms with Crippen molar-refractivity contribution in [3.63, 3.8) is 0 Å². The second kappa shape index (κ2) is 5.44. The summed E-state index contributed by atoms with van der Waals surface area (Å²) in [5, 5.41) is 21.0. The number of benzene rings is 2. The Labute approximate surface area is 127 Å². The quantitative estimate of drug-likeness (QED) is 0.780. The standard InChI is InChI=1S/C17H15NO4/c1-11(12-7-3-2-4-8-12)17(21)22-18-15(19)13-9-5-6-10-14(13)16(18)20/h2-11,19-20H,1H3. The van der Waals surface area contributed by atoms with Crippen LogP contribution in [0.15, 0.2) is 54.6 Å². The van der Waals surface area contributed by atoms with Gasteiger partial charge in [0.15, 0.2) is 0 Å². The number of hydrogen-bond donors (Lipinski definition) is 2. The molecular weight excluding hydrogens is 282 g/mol. The molecule has 0 spiro atoms. The highest BCUT2D eigenvalue weighted by Gasteiger charge is 2.23. The maximum absolute atomic E-state index is 12.2. The Morgan fingerprint density at radius 3 is 2.00 bits per heavy atom. The van der Waals surface area contributed by atoms with Gasteiger partial charge in [-0.2, -0.15) is 0 Å². The highest BCUT2D eigenvalue weighted by atomic mass is 16.7. The molecule has 0 aliphatic rings. The fraction of sp³-hybridized carbons (Fsp3) is 0.118. The van der Waals surface area contributed by atoms with Crippen LogP contribution < -0.4 is 4.84 Å². The third-order valence-corrected chi connectivity index (χ3v) is 3.63. The molecule has 0 amide bonds. The van der Waals surface area contributed by atoms with Gasteiger partial charge in [-0.25, -0.2) is 4.79 Å². The molecule has 1 atom stereocenters. The van der Waals surface area contributed by atoms with E-state index in [-0.39, 0.29) is 11.8 Å². The van der Waals surface area contributed by atoms with Crippen LogP contribution in [-0.4, -0.2) is 20.9 Å². The average Bonchev–Trinajstić information content (AvgIpc) is 2.80. The predicted molar refractivity (Wildman–Crippen MR) is 81.7 cm³/mol. The zero-order valence-corrected chi connectivity index (χ0v) is 11.9. The number of hydrogen-bond acceptors (Lipinski definition) is 4. The molecule has 2 N–H and O–H groups in total. The van der Waals surface area contributed by atoms with Crippen molar-refractivity contribution in [2.45, 2.75) is 12.8 Å². The molecule has 3 aromatic rings. The van der Waals surface area contributed by atoms with E-state index >= 15 is 0 Å². The van der Waals surface area contributed by atoms with Crippen molar-refractivity contribution in [3.8, 4) is 11.8 Å². The van der Waals surface area contributed by atoms with Crippen LogP contribution in [0.1, 0.15) is 18.4 Å². The Morgan fingerprint density at radius 2 is 1.45 bits per heavy atom. The molecule has 3 rings (SSSR count). The molecule has 0 aliphatic heterocycles. The van der Waals surface area contributed by atoms with Crippen LogP contribution >= 0.6 is 0 Å². The first-order valence-electron chi connectivity index (χ1n) is 6.88. The molecule has 0 radical (unpaired) electrons. The van der Waals surface area contributed by atoms with Gasteiger partial charge in [-0.05, 0) is 24.6 Å². The molecule has 1 unspecified atom stereocenters.